The van der Waals surface area contributed by atoms with E-state index in [1.165, 1.54) is 37.1 Å². The van der Waals surface area contributed by atoms with Crippen LogP contribution in [0.25, 0.3) is 0 Å². The van der Waals surface area contributed by atoms with Crippen molar-refractivity contribution in [1.82, 2.24) is 0 Å². The molecule has 0 atom stereocenters. The average Bonchev–Trinajstić information content (AvgIpc) is 2.69. The first-order chi connectivity index (χ1) is 13.3. The largest absolute Gasteiger partial charge is 0.465 e. The predicted octanol–water partition coefficient (Wildman–Crippen LogP) is 3.38. The minimum atomic E-state index is -0.549. The fraction of sp³-hybridized carbons (Fsp3) is 0.200. The number of benzene rings is 2. The molecule has 2 rings (SSSR count). The van der Waals surface area contributed by atoms with Gasteiger partial charge in [0.05, 0.1) is 35.0 Å². The summed E-state index contributed by atoms with van der Waals surface area (Å²) in [5.41, 5.74) is 1.47. The lowest BCUT2D eigenvalue weighted by atomic mass is 10.2. The maximum atomic E-state index is 12.3. The molecule has 0 aliphatic heterocycles. The minimum Gasteiger partial charge on any atom is -0.465 e. The molecule has 0 saturated heterocycles. The zero-order valence-corrected chi connectivity index (χ0v) is 16.1. The van der Waals surface area contributed by atoms with Crippen LogP contribution in [0.5, 0.6) is 0 Å². The van der Waals surface area contributed by atoms with Crippen molar-refractivity contribution < 1.29 is 19.1 Å². The molecule has 0 aromatic heterocycles. The number of esters is 1. The lowest BCUT2D eigenvalue weighted by Crippen LogP contribution is -2.32. The van der Waals surface area contributed by atoms with E-state index in [1.807, 2.05) is 6.07 Å². The van der Waals surface area contributed by atoms with E-state index in [4.69, 9.17) is 16.9 Å². The summed E-state index contributed by atoms with van der Waals surface area (Å²) >= 11 is 6.07. The third-order valence-corrected chi connectivity index (χ3v) is 4.22. The Morgan fingerprint density at radius 1 is 1.21 bits per heavy atom. The Kier molecular flexibility index (Phi) is 7.13. The van der Waals surface area contributed by atoms with Gasteiger partial charge in [-0.3, -0.25) is 9.59 Å². The molecule has 0 bridgehead atoms. The van der Waals surface area contributed by atoms with Gasteiger partial charge in [0.25, 0.3) is 0 Å². The molecular weight excluding hydrogens is 382 g/mol. The van der Waals surface area contributed by atoms with Crippen molar-refractivity contribution in [2.24, 2.45) is 0 Å². The second kappa shape index (κ2) is 9.53. The van der Waals surface area contributed by atoms with Gasteiger partial charge in [0.1, 0.15) is 0 Å². The lowest BCUT2D eigenvalue weighted by Gasteiger charge is -2.21. The average molecular weight is 400 g/mol. The number of hydrogen-bond donors (Lipinski definition) is 1. The Morgan fingerprint density at radius 2 is 1.96 bits per heavy atom. The molecule has 8 heteroatoms. The third kappa shape index (κ3) is 5.32. The second-order valence-corrected chi connectivity index (χ2v) is 6.22. The highest BCUT2D eigenvalue weighted by molar-refractivity contribution is 6.33. The monoisotopic (exact) mass is 399 g/mol. The number of nitrogens with one attached hydrogen (secondary N) is 1. The molecule has 0 radical (unpaired) electrons. The summed E-state index contributed by atoms with van der Waals surface area (Å²) in [5, 5.41) is 11.9. The summed E-state index contributed by atoms with van der Waals surface area (Å²) in [6.07, 6.45) is -0.00482. The molecule has 2 amide bonds. The molecule has 0 saturated carbocycles. The number of methoxy groups -OCH3 is 1. The quantitative estimate of drug-likeness (QED) is 0.750. The van der Waals surface area contributed by atoms with E-state index >= 15 is 0 Å². The number of anilines is 2. The number of rotatable bonds is 6. The van der Waals surface area contributed by atoms with Crippen LogP contribution in [-0.2, 0) is 14.3 Å². The summed E-state index contributed by atoms with van der Waals surface area (Å²) in [6, 6.07) is 13.0. The Morgan fingerprint density at radius 3 is 2.61 bits per heavy atom. The fourth-order valence-electron chi connectivity index (χ4n) is 2.50. The summed E-state index contributed by atoms with van der Waals surface area (Å²) < 4.78 is 4.65. The van der Waals surface area contributed by atoms with Crippen LogP contribution in [0.3, 0.4) is 0 Å². The summed E-state index contributed by atoms with van der Waals surface area (Å²) in [6.45, 7) is 1.50. The maximum absolute atomic E-state index is 12.3. The summed E-state index contributed by atoms with van der Waals surface area (Å²) in [4.78, 5) is 37.3. The smallest absolute Gasteiger partial charge is 0.337 e. The molecular formula is C20H18ClN3O4. The van der Waals surface area contributed by atoms with Crippen LogP contribution in [0.4, 0.5) is 11.4 Å². The van der Waals surface area contributed by atoms with Crippen molar-refractivity contribution in [2.75, 3.05) is 23.9 Å². The van der Waals surface area contributed by atoms with Crippen molar-refractivity contribution in [3.63, 3.8) is 0 Å². The van der Waals surface area contributed by atoms with Crippen LogP contribution in [-0.4, -0.2) is 31.4 Å². The van der Waals surface area contributed by atoms with Gasteiger partial charge in [0.2, 0.25) is 11.8 Å². The van der Waals surface area contributed by atoms with Crippen LogP contribution < -0.4 is 10.2 Å². The molecule has 0 aliphatic rings. The standard InChI is InChI=1S/C20H18ClN3O4/c1-13(25)24(16-5-3-4-14(10-16)12-22)9-8-19(26)23-18-11-15(20(27)28-2)6-7-17(18)21/h3-7,10-11H,8-9H2,1-2H3,(H,23,26). The maximum Gasteiger partial charge on any atom is 0.337 e. The minimum absolute atomic E-state index is 0.00482. The van der Waals surface area contributed by atoms with Crippen molar-refractivity contribution in [3.05, 3.63) is 58.6 Å². The van der Waals surface area contributed by atoms with Crippen LogP contribution in [0.15, 0.2) is 42.5 Å². The molecule has 0 aliphatic carbocycles. The van der Waals surface area contributed by atoms with Crippen LogP contribution in [0, 0.1) is 11.3 Å². The van der Waals surface area contributed by atoms with Crippen molar-refractivity contribution in [2.45, 2.75) is 13.3 Å². The zero-order chi connectivity index (χ0) is 20.7. The van der Waals surface area contributed by atoms with Gasteiger partial charge in [-0.1, -0.05) is 17.7 Å². The molecule has 2 aromatic carbocycles. The van der Waals surface area contributed by atoms with Crippen molar-refractivity contribution in [3.8, 4) is 6.07 Å². The van der Waals surface area contributed by atoms with Gasteiger partial charge >= 0.3 is 5.97 Å². The topological polar surface area (TPSA) is 99.5 Å². The number of nitrogens with zero attached hydrogens (tertiary/aromatic N) is 2. The Hall–Kier alpha value is -3.37. The Bertz CT molecular complexity index is 953. The van der Waals surface area contributed by atoms with Gasteiger partial charge in [-0.05, 0) is 36.4 Å². The molecule has 1 N–H and O–H groups in total. The highest BCUT2D eigenvalue weighted by Crippen LogP contribution is 2.24. The van der Waals surface area contributed by atoms with E-state index < -0.39 is 5.97 Å². The second-order valence-electron chi connectivity index (χ2n) is 5.82. The van der Waals surface area contributed by atoms with E-state index in [0.717, 1.165) is 0 Å². The molecule has 144 valence electrons. The number of ether oxygens (including phenoxy) is 1. The molecule has 0 unspecified atom stereocenters. The van der Waals surface area contributed by atoms with E-state index in [0.29, 0.717) is 11.3 Å². The van der Waals surface area contributed by atoms with E-state index in [-0.39, 0.29) is 41.1 Å². The van der Waals surface area contributed by atoms with Crippen molar-refractivity contribution >= 4 is 40.8 Å². The molecule has 0 heterocycles. The molecule has 0 fully saturated rings. The number of hydrogen-bond acceptors (Lipinski definition) is 5. The number of carbonyl (C=O) groups excluding carboxylic acids is 3. The van der Waals surface area contributed by atoms with E-state index in [1.54, 1.807) is 24.3 Å². The first kappa shape index (κ1) is 20.9. The first-order valence-corrected chi connectivity index (χ1v) is 8.69. The molecule has 0 spiro atoms. The lowest BCUT2D eigenvalue weighted by molar-refractivity contribution is -0.117. The van der Waals surface area contributed by atoms with Crippen LogP contribution >= 0.6 is 11.6 Å². The SMILES string of the molecule is COC(=O)c1ccc(Cl)c(NC(=O)CCN(C(C)=O)c2cccc(C#N)c2)c1. The third-order valence-electron chi connectivity index (χ3n) is 3.89. The Balaban J connectivity index is 2.09. The summed E-state index contributed by atoms with van der Waals surface area (Å²) in [7, 11) is 1.26. The number of nitriles is 1. The van der Waals surface area contributed by atoms with Gasteiger partial charge < -0.3 is 15.0 Å². The van der Waals surface area contributed by atoms with E-state index in [2.05, 4.69) is 10.1 Å². The van der Waals surface area contributed by atoms with Gasteiger partial charge in [-0.2, -0.15) is 5.26 Å². The molecule has 7 nitrogen and oxygen atoms in total. The highest BCUT2D eigenvalue weighted by Gasteiger charge is 2.16. The highest BCUT2D eigenvalue weighted by atomic mass is 35.5. The molecule has 28 heavy (non-hydrogen) atoms. The van der Waals surface area contributed by atoms with Gasteiger partial charge in [-0.15, -0.1) is 0 Å². The van der Waals surface area contributed by atoms with Gasteiger partial charge in [0, 0.05) is 25.6 Å². The van der Waals surface area contributed by atoms with E-state index in [9.17, 15) is 14.4 Å². The number of carbonyl (C=O) groups is 3. The zero-order valence-electron chi connectivity index (χ0n) is 15.4. The first-order valence-electron chi connectivity index (χ1n) is 8.31. The van der Waals surface area contributed by atoms with Gasteiger partial charge in [-0.25, -0.2) is 4.79 Å². The Labute approximate surface area is 167 Å². The normalized spacial score (nSPS) is 9.93. The van der Waals surface area contributed by atoms with Gasteiger partial charge in [0.15, 0.2) is 0 Å². The number of halogens is 1. The number of amides is 2. The van der Waals surface area contributed by atoms with Crippen LogP contribution in [0.2, 0.25) is 5.02 Å². The van der Waals surface area contributed by atoms with Crippen LogP contribution in [0.1, 0.15) is 29.3 Å². The molecule has 2 aromatic rings. The predicted molar refractivity (Wildman–Crippen MR) is 105 cm³/mol. The summed E-state index contributed by atoms with van der Waals surface area (Å²) in [5.74, 6) is -1.19. The van der Waals surface area contributed by atoms with Crippen molar-refractivity contribution in [1.29, 1.82) is 5.26 Å². The fourth-order valence-corrected chi connectivity index (χ4v) is 2.67.